The van der Waals surface area contributed by atoms with E-state index in [0.717, 1.165) is 24.1 Å². The predicted octanol–water partition coefficient (Wildman–Crippen LogP) is 0.172. The Labute approximate surface area is 86.9 Å². The van der Waals surface area contributed by atoms with Gasteiger partial charge in [-0.2, -0.15) is 0 Å². The highest BCUT2D eigenvalue weighted by atomic mass is 15.4. The van der Waals surface area contributed by atoms with Crippen LogP contribution in [-0.4, -0.2) is 34.3 Å². The van der Waals surface area contributed by atoms with Gasteiger partial charge in [-0.1, -0.05) is 12.1 Å². The molecule has 2 aromatic rings. The maximum Gasteiger partial charge on any atom is 0.246 e. The lowest BCUT2D eigenvalue weighted by atomic mass is 10.1. The first-order valence-electron chi connectivity index (χ1n) is 4.93. The highest BCUT2D eigenvalue weighted by Crippen LogP contribution is 2.16. The highest BCUT2D eigenvalue weighted by Gasteiger charge is 2.25. The second kappa shape index (κ2) is 3.13. The minimum absolute atomic E-state index is 0.250. The summed E-state index contributed by atoms with van der Waals surface area (Å²) in [5.74, 6) is 0.676. The molecule has 0 saturated carbocycles. The molecule has 0 aliphatic carbocycles. The van der Waals surface area contributed by atoms with Crippen LogP contribution in [0.15, 0.2) is 24.3 Å². The zero-order valence-electron chi connectivity index (χ0n) is 8.17. The van der Waals surface area contributed by atoms with E-state index in [0.29, 0.717) is 5.95 Å². The van der Waals surface area contributed by atoms with Gasteiger partial charge < -0.3 is 10.6 Å². The topological polar surface area (TPSA) is 67.9 Å². The van der Waals surface area contributed by atoms with Gasteiger partial charge in [-0.3, -0.25) is 0 Å². The second-order valence-electron chi connectivity index (χ2n) is 3.77. The Balaban J connectivity index is 1.99. The van der Waals surface area contributed by atoms with E-state index in [9.17, 15) is 0 Å². The van der Waals surface area contributed by atoms with Gasteiger partial charge in [-0.25, -0.2) is 4.98 Å². The Hall–Kier alpha value is -1.75. The molecule has 1 aliphatic rings. The Bertz CT molecular complexity index is 492. The summed E-state index contributed by atoms with van der Waals surface area (Å²) in [7, 11) is 0. The Morgan fingerprint density at radius 1 is 1.13 bits per heavy atom. The van der Waals surface area contributed by atoms with Crippen molar-refractivity contribution in [2.24, 2.45) is 5.73 Å². The largest absolute Gasteiger partial charge is 0.336 e. The van der Waals surface area contributed by atoms with Crippen LogP contribution >= 0.6 is 0 Å². The molecule has 5 nitrogen and oxygen atoms in total. The number of fused-ring (bicyclic) bond motifs is 1. The molecule has 76 valence electrons. The molecule has 0 unspecified atom stereocenters. The van der Waals surface area contributed by atoms with E-state index in [1.54, 1.807) is 0 Å². The molecule has 3 rings (SSSR count). The number of rotatable bonds is 1. The van der Waals surface area contributed by atoms with Crippen LogP contribution in [0.3, 0.4) is 0 Å². The molecule has 0 bridgehead atoms. The summed E-state index contributed by atoms with van der Waals surface area (Å²) in [6.07, 6.45) is 0. The third kappa shape index (κ3) is 1.41. The molecule has 0 radical (unpaired) electrons. The number of benzene rings is 1. The SMILES string of the molecule is NC1CN(c2nnc3ccccc3n2)C1. The van der Waals surface area contributed by atoms with E-state index in [4.69, 9.17) is 5.73 Å². The molecule has 1 saturated heterocycles. The molecule has 1 aliphatic heterocycles. The lowest BCUT2D eigenvalue weighted by Crippen LogP contribution is -2.56. The smallest absolute Gasteiger partial charge is 0.246 e. The summed E-state index contributed by atoms with van der Waals surface area (Å²) in [6.45, 7) is 1.64. The van der Waals surface area contributed by atoms with Gasteiger partial charge in [-0.05, 0) is 12.1 Å². The quantitative estimate of drug-likeness (QED) is 0.712. The molecule has 0 spiro atoms. The van der Waals surface area contributed by atoms with Gasteiger partial charge in [0.2, 0.25) is 5.95 Å². The van der Waals surface area contributed by atoms with E-state index >= 15 is 0 Å². The molecule has 2 N–H and O–H groups in total. The summed E-state index contributed by atoms with van der Waals surface area (Å²) in [4.78, 5) is 6.46. The maximum absolute atomic E-state index is 5.70. The first-order valence-corrected chi connectivity index (χ1v) is 4.93. The van der Waals surface area contributed by atoms with Crippen LogP contribution in [0.1, 0.15) is 0 Å². The van der Waals surface area contributed by atoms with E-state index in [2.05, 4.69) is 15.2 Å². The van der Waals surface area contributed by atoms with Crippen molar-refractivity contribution in [1.82, 2.24) is 15.2 Å². The van der Waals surface area contributed by atoms with E-state index in [1.807, 2.05) is 29.2 Å². The van der Waals surface area contributed by atoms with Crippen molar-refractivity contribution < 1.29 is 0 Å². The van der Waals surface area contributed by atoms with Gasteiger partial charge in [0.05, 0.1) is 5.52 Å². The van der Waals surface area contributed by atoms with Crippen molar-refractivity contribution >= 4 is 17.0 Å². The molecular weight excluding hydrogens is 190 g/mol. The number of hydrogen-bond acceptors (Lipinski definition) is 5. The molecule has 1 aromatic carbocycles. The van der Waals surface area contributed by atoms with Gasteiger partial charge in [-0.15, -0.1) is 10.2 Å². The number of para-hydroxylation sites is 1. The number of nitrogens with zero attached hydrogens (tertiary/aromatic N) is 4. The average Bonchev–Trinajstić information content (AvgIpc) is 2.24. The summed E-state index contributed by atoms with van der Waals surface area (Å²) < 4.78 is 0. The van der Waals surface area contributed by atoms with Gasteiger partial charge in [0.25, 0.3) is 0 Å². The van der Waals surface area contributed by atoms with E-state index < -0.39 is 0 Å². The molecule has 15 heavy (non-hydrogen) atoms. The maximum atomic E-state index is 5.70. The monoisotopic (exact) mass is 201 g/mol. The summed E-state index contributed by atoms with van der Waals surface area (Å²) >= 11 is 0. The lowest BCUT2D eigenvalue weighted by Gasteiger charge is -2.36. The van der Waals surface area contributed by atoms with Crippen LogP contribution in [0, 0.1) is 0 Å². The van der Waals surface area contributed by atoms with Crippen molar-refractivity contribution in [2.45, 2.75) is 6.04 Å². The van der Waals surface area contributed by atoms with Crippen molar-refractivity contribution in [1.29, 1.82) is 0 Å². The van der Waals surface area contributed by atoms with Crippen LogP contribution in [0.5, 0.6) is 0 Å². The van der Waals surface area contributed by atoms with Gasteiger partial charge in [0.15, 0.2) is 0 Å². The van der Waals surface area contributed by atoms with Crippen LogP contribution in [0.25, 0.3) is 11.0 Å². The van der Waals surface area contributed by atoms with Crippen LogP contribution in [0.4, 0.5) is 5.95 Å². The van der Waals surface area contributed by atoms with Crippen LogP contribution < -0.4 is 10.6 Å². The standard InChI is InChI=1S/C10H11N5/c11-7-5-15(6-7)10-12-8-3-1-2-4-9(8)13-14-10/h1-4,7H,5-6,11H2. The summed E-state index contributed by atoms with van der Waals surface area (Å²) in [5, 5.41) is 8.19. The summed E-state index contributed by atoms with van der Waals surface area (Å²) in [6, 6.07) is 7.97. The first kappa shape index (κ1) is 8.55. The van der Waals surface area contributed by atoms with E-state index in [1.165, 1.54) is 0 Å². The van der Waals surface area contributed by atoms with Crippen molar-refractivity contribution in [2.75, 3.05) is 18.0 Å². The Morgan fingerprint density at radius 2 is 1.87 bits per heavy atom. The van der Waals surface area contributed by atoms with Gasteiger partial charge >= 0.3 is 0 Å². The predicted molar refractivity (Wildman–Crippen MR) is 57.5 cm³/mol. The number of anilines is 1. The van der Waals surface area contributed by atoms with Gasteiger partial charge in [0.1, 0.15) is 5.52 Å². The minimum Gasteiger partial charge on any atom is -0.336 e. The fraction of sp³-hybridized carbons (Fsp3) is 0.300. The van der Waals surface area contributed by atoms with Crippen LogP contribution in [-0.2, 0) is 0 Å². The summed E-state index contributed by atoms with van der Waals surface area (Å²) in [5.41, 5.74) is 7.40. The zero-order valence-corrected chi connectivity index (χ0v) is 8.17. The molecule has 1 fully saturated rings. The molecule has 0 atom stereocenters. The Kier molecular flexibility index (Phi) is 1.78. The normalized spacial score (nSPS) is 16.7. The number of nitrogens with two attached hydrogens (primary N) is 1. The zero-order chi connectivity index (χ0) is 10.3. The third-order valence-corrected chi connectivity index (χ3v) is 2.54. The highest BCUT2D eigenvalue weighted by molar-refractivity contribution is 5.74. The third-order valence-electron chi connectivity index (χ3n) is 2.54. The molecular formula is C10H11N5. The lowest BCUT2D eigenvalue weighted by molar-refractivity contribution is 0.507. The van der Waals surface area contributed by atoms with Crippen molar-refractivity contribution in [3.05, 3.63) is 24.3 Å². The average molecular weight is 201 g/mol. The first-order chi connectivity index (χ1) is 7.33. The number of aromatic nitrogens is 3. The van der Waals surface area contributed by atoms with Gasteiger partial charge in [0, 0.05) is 19.1 Å². The fourth-order valence-electron chi connectivity index (χ4n) is 1.68. The number of hydrogen-bond donors (Lipinski definition) is 1. The molecule has 2 heterocycles. The van der Waals surface area contributed by atoms with Crippen molar-refractivity contribution in [3.63, 3.8) is 0 Å². The van der Waals surface area contributed by atoms with E-state index in [-0.39, 0.29) is 6.04 Å². The van der Waals surface area contributed by atoms with Crippen LogP contribution in [0.2, 0.25) is 0 Å². The minimum atomic E-state index is 0.250. The fourth-order valence-corrected chi connectivity index (χ4v) is 1.68. The molecule has 1 aromatic heterocycles. The Morgan fingerprint density at radius 3 is 2.60 bits per heavy atom. The molecule has 0 amide bonds. The second-order valence-corrected chi connectivity index (χ2v) is 3.77. The molecule has 5 heteroatoms. The van der Waals surface area contributed by atoms with Crippen molar-refractivity contribution in [3.8, 4) is 0 Å².